The highest BCUT2D eigenvalue weighted by molar-refractivity contribution is 5.89. The Labute approximate surface area is 125 Å². The van der Waals surface area contributed by atoms with Crippen molar-refractivity contribution in [3.05, 3.63) is 11.8 Å². The van der Waals surface area contributed by atoms with Crippen LogP contribution in [0.3, 0.4) is 0 Å². The van der Waals surface area contributed by atoms with E-state index < -0.39 is 0 Å². The summed E-state index contributed by atoms with van der Waals surface area (Å²) in [5, 5.41) is 9.83. The van der Waals surface area contributed by atoms with E-state index in [0.717, 1.165) is 32.5 Å². The van der Waals surface area contributed by atoms with Crippen molar-refractivity contribution in [1.82, 2.24) is 15.4 Å². The lowest BCUT2D eigenvalue weighted by atomic mass is 10.1. The molecule has 0 atom stereocenters. The van der Waals surface area contributed by atoms with Crippen LogP contribution in [-0.2, 0) is 4.79 Å². The van der Waals surface area contributed by atoms with Crippen molar-refractivity contribution < 1.29 is 9.32 Å². The first kappa shape index (κ1) is 16.9. The van der Waals surface area contributed by atoms with Gasteiger partial charge in [0.05, 0.1) is 0 Å². The molecule has 0 saturated carbocycles. The summed E-state index contributed by atoms with van der Waals surface area (Å²) >= 11 is 0. The molecule has 6 nitrogen and oxygen atoms in total. The monoisotopic (exact) mass is 302 g/mol. The van der Waals surface area contributed by atoms with E-state index in [2.05, 4.69) is 27.7 Å². The van der Waals surface area contributed by atoms with Gasteiger partial charge in [0.1, 0.15) is 5.76 Å². The first-order chi connectivity index (χ1) is 9.15. The fraction of sp³-hybridized carbons (Fsp3) is 0.692. The molecule has 1 aromatic rings. The number of carbonyl (C=O) groups excluding carboxylic acids is 1. The second kappa shape index (κ2) is 8.24. The number of hydrogen-bond acceptors (Lipinski definition) is 5. The molecule has 0 radical (unpaired) electrons. The Balaban J connectivity index is 0.00000200. The van der Waals surface area contributed by atoms with Crippen LogP contribution in [0.15, 0.2) is 10.6 Å². The van der Waals surface area contributed by atoms with Crippen molar-refractivity contribution in [2.24, 2.45) is 0 Å². The molecule has 1 fully saturated rings. The summed E-state index contributed by atoms with van der Waals surface area (Å²) in [5.74, 6) is 1.17. The maximum atomic E-state index is 11.8. The van der Waals surface area contributed by atoms with Crippen molar-refractivity contribution in [1.29, 1.82) is 0 Å². The minimum absolute atomic E-state index is 0. The number of halogens is 1. The number of aryl methyl sites for hydroxylation is 1. The minimum atomic E-state index is -0.0194. The van der Waals surface area contributed by atoms with Crippen LogP contribution in [0.1, 0.15) is 25.0 Å². The number of piperidine rings is 1. The average molecular weight is 303 g/mol. The molecule has 114 valence electrons. The van der Waals surface area contributed by atoms with E-state index in [9.17, 15) is 4.79 Å². The highest BCUT2D eigenvalue weighted by Crippen LogP contribution is 2.11. The first-order valence-electron chi connectivity index (χ1n) is 6.79. The van der Waals surface area contributed by atoms with Crippen LogP contribution in [0.5, 0.6) is 0 Å². The lowest BCUT2D eigenvalue weighted by Crippen LogP contribution is -2.42. The molecule has 7 heteroatoms. The van der Waals surface area contributed by atoms with E-state index in [0.29, 0.717) is 24.0 Å². The van der Waals surface area contributed by atoms with Gasteiger partial charge in [-0.3, -0.25) is 4.79 Å². The van der Waals surface area contributed by atoms with E-state index in [1.54, 1.807) is 13.0 Å². The third-order valence-electron chi connectivity index (χ3n) is 3.52. The summed E-state index contributed by atoms with van der Waals surface area (Å²) in [6.07, 6.45) is 2.79. The van der Waals surface area contributed by atoms with Crippen molar-refractivity contribution in [2.75, 3.05) is 32.0 Å². The standard InChI is InChI=1S/C13H22N4O2.ClH/c1-10-9-12(16-19-10)15-13(18)5-8-17(2)11-3-6-14-7-4-11;/h9,11,14H,3-8H2,1-2H3,(H,15,16,18);1H. The fourth-order valence-corrected chi connectivity index (χ4v) is 2.34. The molecule has 0 bridgehead atoms. The van der Waals surface area contributed by atoms with Gasteiger partial charge < -0.3 is 20.1 Å². The van der Waals surface area contributed by atoms with E-state index in [1.807, 2.05) is 0 Å². The number of nitrogens with zero attached hydrogens (tertiary/aromatic N) is 2. The summed E-state index contributed by atoms with van der Waals surface area (Å²) in [5.41, 5.74) is 0. The van der Waals surface area contributed by atoms with Crippen LogP contribution in [0.4, 0.5) is 5.82 Å². The van der Waals surface area contributed by atoms with Crippen LogP contribution in [0, 0.1) is 6.92 Å². The zero-order chi connectivity index (χ0) is 13.7. The zero-order valence-electron chi connectivity index (χ0n) is 12.0. The van der Waals surface area contributed by atoms with Gasteiger partial charge in [0.25, 0.3) is 0 Å². The van der Waals surface area contributed by atoms with Gasteiger partial charge >= 0.3 is 0 Å². The number of amides is 1. The third-order valence-corrected chi connectivity index (χ3v) is 3.52. The average Bonchev–Trinajstić information content (AvgIpc) is 2.82. The van der Waals surface area contributed by atoms with Gasteiger partial charge in [-0.25, -0.2) is 0 Å². The summed E-state index contributed by atoms with van der Waals surface area (Å²) in [7, 11) is 2.09. The van der Waals surface area contributed by atoms with Gasteiger partial charge in [0.2, 0.25) is 5.91 Å². The topological polar surface area (TPSA) is 70.4 Å². The number of carbonyl (C=O) groups is 1. The molecule has 2 N–H and O–H groups in total. The van der Waals surface area contributed by atoms with Crippen LogP contribution in [0.2, 0.25) is 0 Å². The van der Waals surface area contributed by atoms with Gasteiger partial charge in [-0.2, -0.15) is 0 Å². The predicted octanol–water partition coefficient (Wildman–Crippen LogP) is 1.42. The molecule has 1 amide bonds. The van der Waals surface area contributed by atoms with E-state index in [4.69, 9.17) is 4.52 Å². The van der Waals surface area contributed by atoms with E-state index in [1.165, 1.54) is 0 Å². The summed E-state index contributed by atoms with van der Waals surface area (Å²) in [4.78, 5) is 14.0. The summed E-state index contributed by atoms with van der Waals surface area (Å²) < 4.78 is 4.90. The molecular weight excluding hydrogens is 280 g/mol. The van der Waals surface area contributed by atoms with Crippen molar-refractivity contribution in [3.63, 3.8) is 0 Å². The third kappa shape index (κ3) is 5.11. The second-order valence-electron chi connectivity index (χ2n) is 5.08. The lowest BCUT2D eigenvalue weighted by Gasteiger charge is -2.31. The molecule has 2 heterocycles. The first-order valence-corrected chi connectivity index (χ1v) is 6.79. The van der Waals surface area contributed by atoms with Gasteiger partial charge in [0.15, 0.2) is 5.82 Å². The Morgan fingerprint density at radius 2 is 2.25 bits per heavy atom. The molecule has 0 spiro atoms. The molecule has 20 heavy (non-hydrogen) atoms. The van der Waals surface area contributed by atoms with Crippen LogP contribution >= 0.6 is 12.4 Å². The molecule has 1 saturated heterocycles. The van der Waals surface area contributed by atoms with Crippen LogP contribution in [-0.4, -0.2) is 48.7 Å². The van der Waals surface area contributed by atoms with Crippen LogP contribution in [0.25, 0.3) is 0 Å². The van der Waals surface area contributed by atoms with Gasteiger partial charge in [-0.15, -0.1) is 12.4 Å². The fourth-order valence-electron chi connectivity index (χ4n) is 2.34. The van der Waals surface area contributed by atoms with Crippen molar-refractivity contribution in [2.45, 2.75) is 32.2 Å². The Hall–Kier alpha value is -1.11. The number of nitrogens with one attached hydrogen (secondary N) is 2. The Bertz CT molecular complexity index is 418. The highest BCUT2D eigenvalue weighted by Gasteiger charge is 2.18. The molecule has 0 aliphatic carbocycles. The maximum Gasteiger partial charge on any atom is 0.226 e. The molecule has 1 aliphatic heterocycles. The lowest BCUT2D eigenvalue weighted by molar-refractivity contribution is -0.116. The van der Waals surface area contributed by atoms with E-state index >= 15 is 0 Å². The SMILES string of the molecule is Cc1cc(NC(=O)CCN(C)C2CCNCC2)no1.Cl. The number of aromatic nitrogens is 1. The Morgan fingerprint density at radius 3 is 2.85 bits per heavy atom. The quantitative estimate of drug-likeness (QED) is 0.861. The Morgan fingerprint density at radius 1 is 1.55 bits per heavy atom. The number of hydrogen-bond donors (Lipinski definition) is 2. The predicted molar refractivity (Wildman–Crippen MR) is 80.3 cm³/mol. The molecular formula is C13H23ClN4O2. The van der Waals surface area contributed by atoms with E-state index in [-0.39, 0.29) is 18.3 Å². The second-order valence-corrected chi connectivity index (χ2v) is 5.08. The van der Waals surface area contributed by atoms with Gasteiger partial charge in [-0.1, -0.05) is 5.16 Å². The Kier molecular flexibility index (Phi) is 6.98. The largest absolute Gasteiger partial charge is 0.360 e. The van der Waals surface area contributed by atoms with Crippen molar-refractivity contribution >= 4 is 24.1 Å². The molecule has 1 aromatic heterocycles. The minimum Gasteiger partial charge on any atom is -0.360 e. The van der Waals surface area contributed by atoms with Crippen molar-refractivity contribution in [3.8, 4) is 0 Å². The smallest absolute Gasteiger partial charge is 0.226 e. The highest BCUT2D eigenvalue weighted by atomic mass is 35.5. The van der Waals surface area contributed by atoms with Gasteiger partial charge in [-0.05, 0) is 39.9 Å². The molecule has 2 rings (SSSR count). The number of rotatable bonds is 5. The molecule has 1 aliphatic rings. The van der Waals surface area contributed by atoms with Crippen LogP contribution < -0.4 is 10.6 Å². The normalized spacial score (nSPS) is 15.9. The summed E-state index contributed by atoms with van der Waals surface area (Å²) in [6.45, 7) is 4.71. The zero-order valence-corrected chi connectivity index (χ0v) is 12.8. The molecule has 0 aromatic carbocycles. The summed E-state index contributed by atoms with van der Waals surface area (Å²) in [6, 6.07) is 2.30. The van der Waals surface area contributed by atoms with Gasteiger partial charge in [0, 0.05) is 25.1 Å². The maximum absolute atomic E-state index is 11.8. The molecule has 0 unspecified atom stereocenters. The number of anilines is 1.